The first kappa shape index (κ1) is 17.6. The van der Waals surface area contributed by atoms with E-state index in [0.29, 0.717) is 5.92 Å². The topological polar surface area (TPSA) is 24.9 Å². The first-order chi connectivity index (χ1) is 9.17. The maximum Gasteiger partial charge on any atom is 0.0931 e. The zero-order chi connectivity index (χ0) is 15.3. The van der Waals surface area contributed by atoms with Gasteiger partial charge in [-0.2, -0.15) is 0 Å². The predicted octanol–water partition coefficient (Wildman–Crippen LogP) is 4.82. The maximum absolute atomic E-state index is 4.90. The molecule has 0 aliphatic rings. The molecule has 1 heterocycles. The van der Waals surface area contributed by atoms with Gasteiger partial charge in [0.25, 0.3) is 0 Å². The smallest absolute Gasteiger partial charge is 0.0931 e. The molecule has 0 spiro atoms. The Bertz CT molecular complexity index is 400. The number of aromatic nitrogens is 1. The molecule has 1 aromatic rings. The van der Waals surface area contributed by atoms with E-state index in [4.69, 9.17) is 4.98 Å². The van der Waals surface area contributed by atoms with E-state index in [2.05, 4.69) is 53.8 Å². The Hall–Kier alpha value is -0.410. The van der Waals surface area contributed by atoms with E-state index < -0.39 is 0 Å². The monoisotopic (exact) mass is 296 g/mol. The summed E-state index contributed by atoms with van der Waals surface area (Å²) in [6.07, 6.45) is 3.46. The van der Waals surface area contributed by atoms with Gasteiger partial charge in [-0.15, -0.1) is 11.3 Å². The molecule has 0 aliphatic heterocycles. The van der Waals surface area contributed by atoms with E-state index in [1.165, 1.54) is 22.0 Å². The van der Waals surface area contributed by atoms with E-state index >= 15 is 0 Å². The van der Waals surface area contributed by atoms with Crippen molar-refractivity contribution >= 4 is 11.3 Å². The molecular weight excluding hydrogens is 264 g/mol. The number of hydrogen-bond acceptors (Lipinski definition) is 3. The lowest BCUT2D eigenvalue weighted by Gasteiger charge is -2.20. The van der Waals surface area contributed by atoms with Crippen molar-refractivity contribution in [3.05, 3.63) is 15.6 Å². The van der Waals surface area contributed by atoms with Crippen LogP contribution in [0.3, 0.4) is 0 Å². The zero-order valence-electron chi connectivity index (χ0n) is 14.3. The fourth-order valence-corrected chi connectivity index (χ4v) is 3.04. The largest absolute Gasteiger partial charge is 0.307 e. The third-order valence-corrected chi connectivity index (χ3v) is 4.30. The van der Waals surface area contributed by atoms with E-state index in [1.54, 1.807) is 0 Å². The lowest BCUT2D eigenvalue weighted by Crippen LogP contribution is -2.35. The van der Waals surface area contributed by atoms with Crippen LogP contribution in [0.4, 0.5) is 0 Å². The van der Waals surface area contributed by atoms with Crippen molar-refractivity contribution in [2.45, 2.75) is 79.8 Å². The number of hydrogen-bond donors (Lipinski definition) is 1. The third-order valence-electron chi connectivity index (χ3n) is 3.14. The minimum Gasteiger partial charge on any atom is -0.307 e. The number of nitrogens with one attached hydrogen (secondary N) is 1. The summed E-state index contributed by atoms with van der Waals surface area (Å²) in [6, 6.07) is 0. The van der Waals surface area contributed by atoms with Gasteiger partial charge in [0.1, 0.15) is 0 Å². The van der Waals surface area contributed by atoms with Crippen LogP contribution < -0.4 is 5.32 Å². The van der Waals surface area contributed by atoms with Crippen LogP contribution in [0.15, 0.2) is 0 Å². The molecule has 0 radical (unpaired) electrons. The average Bonchev–Trinajstić information content (AvgIpc) is 2.64. The molecule has 1 aromatic heterocycles. The number of aryl methyl sites for hydroxylation is 1. The van der Waals surface area contributed by atoms with Crippen LogP contribution in [-0.4, -0.2) is 10.5 Å². The highest BCUT2D eigenvalue weighted by Gasteiger charge is 2.15. The second kappa shape index (κ2) is 7.56. The lowest BCUT2D eigenvalue weighted by atomic mass is 10.1. The Morgan fingerprint density at radius 2 is 1.75 bits per heavy atom. The molecule has 20 heavy (non-hydrogen) atoms. The Kier molecular flexibility index (Phi) is 6.67. The highest BCUT2D eigenvalue weighted by Crippen LogP contribution is 2.24. The van der Waals surface area contributed by atoms with Crippen molar-refractivity contribution < 1.29 is 0 Å². The summed E-state index contributed by atoms with van der Waals surface area (Å²) in [7, 11) is 0. The first-order valence-corrected chi connectivity index (χ1v) is 8.71. The Labute approximate surface area is 129 Å². The van der Waals surface area contributed by atoms with Crippen LogP contribution in [0.2, 0.25) is 0 Å². The van der Waals surface area contributed by atoms with Gasteiger partial charge in [-0.1, -0.05) is 27.7 Å². The summed E-state index contributed by atoms with van der Waals surface area (Å²) in [5, 5.41) is 4.92. The second-order valence-electron chi connectivity index (χ2n) is 7.61. The molecule has 0 saturated heterocycles. The molecule has 1 rings (SSSR count). The third kappa shape index (κ3) is 6.85. The van der Waals surface area contributed by atoms with Crippen molar-refractivity contribution in [1.29, 1.82) is 0 Å². The molecule has 0 aromatic carbocycles. The van der Waals surface area contributed by atoms with Gasteiger partial charge in [0.2, 0.25) is 0 Å². The van der Waals surface area contributed by atoms with Crippen LogP contribution in [0, 0.1) is 11.8 Å². The summed E-state index contributed by atoms with van der Waals surface area (Å²) < 4.78 is 0. The molecule has 0 fully saturated rings. The standard InChI is InChI=1S/C17H32N2S/c1-12(2)8-9-16-19-14(10-13(3)4)15(20-16)11-18-17(5,6)7/h12-13,18H,8-11H2,1-7H3. The van der Waals surface area contributed by atoms with Gasteiger partial charge in [-0.25, -0.2) is 4.98 Å². The van der Waals surface area contributed by atoms with Gasteiger partial charge in [0, 0.05) is 17.0 Å². The van der Waals surface area contributed by atoms with Gasteiger partial charge in [-0.3, -0.25) is 0 Å². The molecule has 0 unspecified atom stereocenters. The van der Waals surface area contributed by atoms with Crippen molar-refractivity contribution in [2.24, 2.45) is 11.8 Å². The molecule has 0 aliphatic carbocycles. The summed E-state index contributed by atoms with van der Waals surface area (Å²) in [4.78, 5) is 6.34. The van der Waals surface area contributed by atoms with Gasteiger partial charge < -0.3 is 5.32 Å². The second-order valence-corrected chi connectivity index (χ2v) is 8.78. The normalized spacial score (nSPS) is 12.7. The molecule has 0 bridgehead atoms. The van der Waals surface area contributed by atoms with Crippen molar-refractivity contribution in [3.63, 3.8) is 0 Å². The van der Waals surface area contributed by atoms with Crippen LogP contribution in [0.5, 0.6) is 0 Å². The maximum atomic E-state index is 4.90. The number of nitrogens with zero attached hydrogens (tertiary/aromatic N) is 1. The fourth-order valence-electron chi connectivity index (χ4n) is 1.99. The summed E-state index contributed by atoms with van der Waals surface area (Å²) >= 11 is 1.91. The van der Waals surface area contributed by atoms with Crippen molar-refractivity contribution in [1.82, 2.24) is 10.3 Å². The van der Waals surface area contributed by atoms with Crippen LogP contribution in [0.25, 0.3) is 0 Å². The summed E-state index contributed by atoms with van der Waals surface area (Å²) in [5.41, 5.74) is 1.48. The van der Waals surface area contributed by atoms with Crippen LogP contribution >= 0.6 is 11.3 Å². The highest BCUT2D eigenvalue weighted by atomic mass is 32.1. The van der Waals surface area contributed by atoms with Crippen molar-refractivity contribution in [2.75, 3.05) is 0 Å². The zero-order valence-corrected chi connectivity index (χ0v) is 15.2. The van der Waals surface area contributed by atoms with Crippen LogP contribution in [0.1, 0.15) is 70.5 Å². The lowest BCUT2D eigenvalue weighted by molar-refractivity contribution is 0.425. The Morgan fingerprint density at radius 3 is 2.25 bits per heavy atom. The minimum atomic E-state index is 0.164. The van der Waals surface area contributed by atoms with E-state index in [1.807, 2.05) is 11.3 Å². The average molecular weight is 297 g/mol. The first-order valence-electron chi connectivity index (χ1n) is 7.90. The quantitative estimate of drug-likeness (QED) is 0.780. The van der Waals surface area contributed by atoms with Gasteiger partial charge in [0.05, 0.1) is 10.7 Å². The highest BCUT2D eigenvalue weighted by molar-refractivity contribution is 7.11. The molecule has 3 heteroatoms. The van der Waals surface area contributed by atoms with Crippen LogP contribution in [-0.2, 0) is 19.4 Å². The minimum absolute atomic E-state index is 0.164. The number of rotatable bonds is 7. The van der Waals surface area contributed by atoms with E-state index in [-0.39, 0.29) is 5.54 Å². The van der Waals surface area contributed by atoms with Gasteiger partial charge >= 0.3 is 0 Å². The van der Waals surface area contributed by atoms with Crippen molar-refractivity contribution in [3.8, 4) is 0 Å². The molecular formula is C17H32N2S. The molecule has 1 N–H and O–H groups in total. The summed E-state index contributed by atoms with van der Waals surface area (Å²) in [5.74, 6) is 1.42. The summed E-state index contributed by atoms with van der Waals surface area (Å²) in [6.45, 7) is 16.7. The number of thiazole rings is 1. The fraction of sp³-hybridized carbons (Fsp3) is 0.824. The van der Waals surface area contributed by atoms with Gasteiger partial charge in [0.15, 0.2) is 0 Å². The van der Waals surface area contributed by atoms with E-state index in [0.717, 1.165) is 25.3 Å². The van der Waals surface area contributed by atoms with E-state index in [9.17, 15) is 0 Å². The predicted molar refractivity (Wildman–Crippen MR) is 90.4 cm³/mol. The molecule has 116 valence electrons. The Balaban J connectivity index is 2.77. The molecule has 0 amide bonds. The Morgan fingerprint density at radius 1 is 1.10 bits per heavy atom. The molecule has 0 saturated carbocycles. The van der Waals surface area contributed by atoms with Gasteiger partial charge in [-0.05, 0) is 51.9 Å². The molecule has 0 atom stereocenters. The molecule has 2 nitrogen and oxygen atoms in total. The SMILES string of the molecule is CC(C)CCc1nc(CC(C)C)c(CNC(C)(C)C)s1.